The van der Waals surface area contributed by atoms with E-state index in [0.29, 0.717) is 27.7 Å². The first kappa shape index (κ1) is 18.9. The number of thiophene rings is 1. The maximum atomic E-state index is 12.5. The van der Waals surface area contributed by atoms with Crippen LogP contribution in [-0.2, 0) is 13.0 Å². The maximum absolute atomic E-state index is 12.5. The molecule has 0 radical (unpaired) electrons. The summed E-state index contributed by atoms with van der Waals surface area (Å²) in [5.74, 6) is 0.562. The highest BCUT2D eigenvalue weighted by molar-refractivity contribution is 7.71. The smallest absolute Gasteiger partial charge is 0.269 e. The zero-order valence-corrected chi connectivity index (χ0v) is 17.7. The highest BCUT2D eigenvalue weighted by Crippen LogP contribution is 2.29. The number of allylic oxidation sites excluding steroid dienone is 1. The molecule has 4 aromatic rings. The van der Waals surface area contributed by atoms with Crippen LogP contribution in [0.5, 0.6) is 0 Å². The lowest BCUT2D eigenvalue weighted by atomic mass is 10.3. The van der Waals surface area contributed by atoms with Gasteiger partial charge < -0.3 is 0 Å². The van der Waals surface area contributed by atoms with Crippen molar-refractivity contribution in [2.75, 3.05) is 5.32 Å². The number of anilines is 1. The number of aromatic amines is 1. The molecule has 0 aromatic carbocycles. The molecule has 142 valence electrons. The predicted molar refractivity (Wildman–Crippen MR) is 116 cm³/mol. The van der Waals surface area contributed by atoms with Gasteiger partial charge in [-0.1, -0.05) is 12.1 Å². The Balaban J connectivity index is 1.44. The fourth-order valence-electron chi connectivity index (χ4n) is 2.46. The molecule has 28 heavy (non-hydrogen) atoms. The van der Waals surface area contributed by atoms with Crippen LogP contribution in [-0.4, -0.2) is 30.6 Å². The van der Waals surface area contributed by atoms with Crippen LogP contribution in [0.4, 0.5) is 5.13 Å². The molecule has 0 aliphatic carbocycles. The lowest BCUT2D eigenvalue weighted by Crippen LogP contribution is -2.10. The highest BCUT2D eigenvalue weighted by Gasteiger charge is 2.15. The van der Waals surface area contributed by atoms with Gasteiger partial charge in [0.15, 0.2) is 9.90 Å². The Bertz CT molecular complexity index is 1170. The second-order valence-corrected chi connectivity index (χ2v) is 8.85. The minimum atomic E-state index is -0.212. The Labute approximate surface area is 177 Å². The van der Waals surface area contributed by atoms with E-state index in [-0.39, 0.29) is 5.91 Å². The summed E-state index contributed by atoms with van der Waals surface area (Å²) >= 11 is 9.55. The molecule has 2 N–H and O–H groups in total. The van der Waals surface area contributed by atoms with E-state index in [4.69, 9.17) is 12.2 Å². The largest absolute Gasteiger partial charge is 0.300 e. The van der Waals surface area contributed by atoms with E-state index in [1.54, 1.807) is 23.6 Å². The summed E-state index contributed by atoms with van der Waals surface area (Å²) < 4.78 is 2.41. The Kier molecular flexibility index (Phi) is 5.57. The van der Waals surface area contributed by atoms with Crippen LogP contribution in [0, 0.1) is 4.77 Å². The number of amides is 1. The van der Waals surface area contributed by atoms with Gasteiger partial charge in [-0.15, -0.1) is 40.6 Å². The Morgan fingerprint density at radius 1 is 1.43 bits per heavy atom. The number of carbonyl (C=O) groups is 1. The van der Waals surface area contributed by atoms with Crippen molar-refractivity contribution >= 4 is 57.3 Å². The van der Waals surface area contributed by atoms with Gasteiger partial charge in [-0.25, -0.2) is 9.97 Å². The van der Waals surface area contributed by atoms with E-state index in [0.717, 1.165) is 21.4 Å². The molecular formula is C17H14N6OS4. The van der Waals surface area contributed by atoms with E-state index in [1.165, 1.54) is 22.7 Å². The van der Waals surface area contributed by atoms with Gasteiger partial charge in [0, 0.05) is 11.9 Å². The zero-order chi connectivity index (χ0) is 19.5. The third kappa shape index (κ3) is 4.02. The third-order valence-corrected chi connectivity index (χ3v) is 6.88. The summed E-state index contributed by atoms with van der Waals surface area (Å²) in [7, 11) is 0. The molecule has 0 bridgehead atoms. The first-order chi connectivity index (χ1) is 13.6. The van der Waals surface area contributed by atoms with Crippen LogP contribution in [0.25, 0.3) is 9.88 Å². The average molecular weight is 447 g/mol. The normalized spacial score (nSPS) is 10.9. The molecule has 0 unspecified atom stereocenters. The lowest BCUT2D eigenvalue weighted by molar-refractivity contribution is 0.103. The molecule has 0 atom stereocenters. The number of rotatable bonds is 7. The molecule has 0 aliphatic heterocycles. The number of thiazole rings is 2. The van der Waals surface area contributed by atoms with Gasteiger partial charge in [-0.3, -0.25) is 19.8 Å². The van der Waals surface area contributed by atoms with E-state index < -0.39 is 0 Å². The fourth-order valence-corrected chi connectivity index (χ4v) is 5.01. The van der Waals surface area contributed by atoms with Crippen molar-refractivity contribution in [3.63, 3.8) is 0 Å². The van der Waals surface area contributed by atoms with E-state index in [1.807, 2.05) is 27.5 Å². The van der Waals surface area contributed by atoms with Crippen LogP contribution in [0.3, 0.4) is 0 Å². The first-order valence-corrected chi connectivity index (χ1v) is 11.1. The summed E-state index contributed by atoms with van der Waals surface area (Å²) in [6.07, 6.45) is 3.87. The molecule has 4 rings (SSSR count). The molecule has 0 saturated carbocycles. The zero-order valence-electron chi connectivity index (χ0n) is 14.4. The molecule has 0 saturated heterocycles. The second-order valence-electron chi connectivity index (χ2n) is 5.63. The minimum Gasteiger partial charge on any atom is -0.300 e. The van der Waals surface area contributed by atoms with Crippen molar-refractivity contribution < 1.29 is 4.79 Å². The number of carbonyl (C=O) groups excluding carboxylic acids is 1. The predicted octanol–water partition coefficient (Wildman–Crippen LogP) is 4.61. The van der Waals surface area contributed by atoms with E-state index in [2.05, 4.69) is 32.1 Å². The summed E-state index contributed by atoms with van der Waals surface area (Å²) in [6, 6.07) is 3.95. The molecule has 4 aromatic heterocycles. The standard InChI is InChI=1S/C17H14N6OS4/c1-2-5-23-13(21-22-17(23)25)7-10-9-27-16(19-10)20-14(24)12-8-18-15(28-12)11-4-3-6-26-11/h2-4,6,8-9H,1,5,7H2,(H,22,25)(H,19,20,24). The monoisotopic (exact) mass is 446 g/mol. The minimum absolute atomic E-state index is 0.212. The summed E-state index contributed by atoms with van der Waals surface area (Å²) in [6.45, 7) is 4.31. The number of H-pyrrole nitrogens is 1. The number of nitrogens with one attached hydrogen (secondary N) is 2. The van der Waals surface area contributed by atoms with Crippen molar-refractivity contribution in [3.8, 4) is 9.88 Å². The number of aromatic nitrogens is 5. The van der Waals surface area contributed by atoms with Crippen LogP contribution in [0.15, 0.2) is 41.7 Å². The Morgan fingerprint density at radius 2 is 2.32 bits per heavy atom. The first-order valence-electron chi connectivity index (χ1n) is 8.14. The van der Waals surface area contributed by atoms with Crippen molar-refractivity contribution in [3.05, 3.63) is 62.9 Å². The van der Waals surface area contributed by atoms with Gasteiger partial charge in [0.2, 0.25) is 0 Å². The lowest BCUT2D eigenvalue weighted by Gasteiger charge is -2.01. The van der Waals surface area contributed by atoms with Crippen molar-refractivity contribution in [2.45, 2.75) is 13.0 Å². The van der Waals surface area contributed by atoms with Crippen molar-refractivity contribution in [2.24, 2.45) is 0 Å². The number of hydrogen-bond acceptors (Lipinski definition) is 8. The SMILES string of the molecule is C=CCn1c(Cc2csc(NC(=O)c3cnc(-c4cccs4)s3)n2)n[nH]c1=S. The highest BCUT2D eigenvalue weighted by atomic mass is 32.1. The van der Waals surface area contributed by atoms with Crippen molar-refractivity contribution in [1.29, 1.82) is 0 Å². The topological polar surface area (TPSA) is 88.5 Å². The number of hydrogen-bond donors (Lipinski definition) is 2. The Morgan fingerprint density at radius 3 is 3.11 bits per heavy atom. The summed E-state index contributed by atoms with van der Waals surface area (Å²) in [4.78, 5) is 22.9. The molecule has 1 amide bonds. The van der Waals surface area contributed by atoms with Gasteiger partial charge in [0.25, 0.3) is 5.91 Å². The second kappa shape index (κ2) is 8.27. The van der Waals surface area contributed by atoms with Gasteiger partial charge in [0.1, 0.15) is 15.7 Å². The third-order valence-electron chi connectivity index (χ3n) is 3.72. The van der Waals surface area contributed by atoms with E-state index >= 15 is 0 Å². The molecule has 0 spiro atoms. The maximum Gasteiger partial charge on any atom is 0.269 e. The molecule has 11 heteroatoms. The average Bonchev–Trinajstić information content (AvgIpc) is 3.46. The summed E-state index contributed by atoms with van der Waals surface area (Å²) in [5.41, 5.74) is 0.809. The Hall–Kier alpha value is -2.47. The van der Waals surface area contributed by atoms with Crippen LogP contribution in [0.2, 0.25) is 0 Å². The van der Waals surface area contributed by atoms with Gasteiger partial charge >= 0.3 is 0 Å². The summed E-state index contributed by atoms with van der Waals surface area (Å²) in [5, 5.41) is 15.1. The van der Waals surface area contributed by atoms with Crippen LogP contribution in [0.1, 0.15) is 21.2 Å². The molecular weight excluding hydrogens is 432 g/mol. The van der Waals surface area contributed by atoms with Crippen LogP contribution >= 0.6 is 46.2 Å². The molecule has 4 heterocycles. The quantitative estimate of drug-likeness (QED) is 0.320. The molecule has 0 aliphatic rings. The van der Waals surface area contributed by atoms with E-state index in [9.17, 15) is 4.79 Å². The van der Waals surface area contributed by atoms with Gasteiger partial charge in [-0.2, -0.15) is 5.10 Å². The van der Waals surface area contributed by atoms with Gasteiger partial charge in [0.05, 0.1) is 23.2 Å². The van der Waals surface area contributed by atoms with Gasteiger partial charge in [-0.05, 0) is 23.7 Å². The fraction of sp³-hybridized carbons (Fsp3) is 0.118. The van der Waals surface area contributed by atoms with Crippen molar-refractivity contribution in [1.82, 2.24) is 24.7 Å². The number of nitrogens with zero attached hydrogens (tertiary/aromatic N) is 4. The molecule has 7 nitrogen and oxygen atoms in total. The molecule has 0 fully saturated rings. The van der Waals surface area contributed by atoms with Crippen LogP contribution < -0.4 is 5.32 Å².